The van der Waals surface area contributed by atoms with Crippen LogP contribution in [0.4, 0.5) is 5.69 Å². The molecule has 0 aliphatic carbocycles. The van der Waals surface area contributed by atoms with E-state index in [1.807, 2.05) is 13.8 Å². The average Bonchev–Trinajstić information content (AvgIpc) is 3.01. The van der Waals surface area contributed by atoms with Crippen LogP contribution in [0.2, 0.25) is 0 Å². The summed E-state index contributed by atoms with van der Waals surface area (Å²) in [7, 11) is -3.67. The molecule has 2 aliphatic heterocycles. The summed E-state index contributed by atoms with van der Waals surface area (Å²) in [5, 5.41) is 2.87. The SMILES string of the molecule is CC[C@H](C)[C@H](N=C1NS(=O)(=O)c2ccccc21)C(=O)Nc1ccc2c(c1)OCCO2. The van der Waals surface area contributed by atoms with E-state index in [2.05, 4.69) is 15.0 Å². The second-order valence-corrected chi connectivity index (χ2v) is 8.91. The molecule has 0 aromatic heterocycles. The molecule has 0 saturated heterocycles. The van der Waals surface area contributed by atoms with E-state index in [1.165, 1.54) is 6.07 Å². The molecule has 0 radical (unpaired) electrons. The van der Waals surface area contributed by atoms with Crippen LogP contribution in [0.5, 0.6) is 11.5 Å². The van der Waals surface area contributed by atoms with Crippen molar-refractivity contribution in [2.24, 2.45) is 10.9 Å². The molecule has 9 heteroatoms. The maximum absolute atomic E-state index is 13.1. The number of benzene rings is 2. The van der Waals surface area contributed by atoms with E-state index in [4.69, 9.17) is 9.47 Å². The summed E-state index contributed by atoms with van der Waals surface area (Å²) in [6.07, 6.45) is 0.699. The quantitative estimate of drug-likeness (QED) is 0.760. The fourth-order valence-corrected chi connectivity index (χ4v) is 4.61. The third-order valence-electron chi connectivity index (χ3n) is 5.19. The summed E-state index contributed by atoms with van der Waals surface area (Å²) in [4.78, 5) is 17.8. The van der Waals surface area contributed by atoms with Crippen LogP contribution < -0.4 is 19.5 Å². The number of hydrogen-bond acceptors (Lipinski definition) is 6. The van der Waals surface area contributed by atoms with Crippen LogP contribution in [-0.2, 0) is 14.8 Å². The summed E-state index contributed by atoms with van der Waals surface area (Å²) in [6.45, 7) is 4.81. The van der Waals surface area contributed by atoms with E-state index in [0.29, 0.717) is 42.4 Å². The Morgan fingerprint density at radius 2 is 1.90 bits per heavy atom. The Labute approximate surface area is 175 Å². The lowest BCUT2D eigenvalue weighted by molar-refractivity contribution is -0.118. The van der Waals surface area contributed by atoms with Gasteiger partial charge < -0.3 is 14.8 Å². The number of nitrogens with zero attached hydrogens (tertiary/aromatic N) is 1. The van der Waals surface area contributed by atoms with Gasteiger partial charge in [0.1, 0.15) is 25.1 Å². The lowest BCUT2D eigenvalue weighted by atomic mass is 9.98. The Morgan fingerprint density at radius 1 is 1.17 bits per heavy atom. The van der Waals surface area contributed by atoms with E-state index in [-0.39, 0.29) is 22.6 Å². The van der Waals surface area contributed by atoms with Gasteiger partial charge in [-0.2, -0.15) is 0 Å². The number of aliphatic imine (C=N–C) groups is 1. The Bertz CT molecular complexity index is 1110. The largest absolute Gasteiger partial charge is 0.486 e. The van der Waals surface area contributed by atoms with Crippen molar-refractivity contribution in [3.8, 4) is 11.5 Å². The fourth-order valence-electron chi connectivity index (χ4n) is 3.37. The molecule has 0 fully saturated rings. The number of fused-ring (bicyclic) bond motifs is 2. The highest BCUT2D eigenvalue weighted by Gasteiger charge is 2.33. The molecule has 0 saturated carbocycles. The summed E-state index contributed by atoms with van der Waals surface area (Å²) in [6, 6.07) is 11.0. The van der Waals surface area contributed by atoms with E-state index in [1.54, 1.807) is 36.4 Å². The number of carbonyl (C=O) groups excluding carboxylic acids is 1. The first kappa shape index (κ1) is 20.2. The average molecular weight is 429 g/mol. The van der Waals surface area contributed by atoms with Crippen molar-refractivity contribution < 1.29 is 22.7 Å². The highest BCUT2D eigenvalue weighted by atomic mass is 32.2. The second kappa shape index (κ2) is 7.98. The van der Waals surface area contributed by atoms with Crippen LogP contribution in [0.25, 0.3) is 0 Å². The molecule has 2 N–H and O–H groups in total. The van der Waals surface area contributed by atoms with Gasteiger partial charge in [0.2, 0.25) is 5.91 Å². The highest BCUT2D eigenvalue weighted by molar-refractivity contribution is 7.90. The minimum atomic E-state index is -3.67. The van der Waals surface area contributed by atoms with Gasteiger partial charge in [-0.05, 0) is 30.2 Å². The van der Waals surface area contributed by atoms with Crippen LogP contribution in [-0.4, -0.2) is 39.4 Å². The Kier molecular flexibility index (Phi) is 5.38. The molecule has 4 rings (SSSR count). The van der Waals surface area contributed by atoms with Gasteiger partial charge in [0, 0.05) is 17.3 Å². The number of carbonyl (C=O) groups is 1. The zero-order valence-corrected chi connectivity index (χ0v) is 17.5. The van der Waals surface area contributed by atoms with Crippen LogP contribution in [0.3, 0.4) is 0 Å². The number of ether oxygens (including phenoxy) is 2. The molecule has 2 aliphatic rings. The molecule has 30 heavy (non-hydrogen) atoms. The first-order valence-electron chi connectivity index (χ1n) is 9.79. The number of sulfonamides is 1. The Balaban J connectivity index is 1.62. The molecule has 0 unspecified atom stereocenters. The molecule has 158 valence electrons. The van der Waals surface area contributed by atoms with Gasteiger partial charge in [0.15, 0.2) is 11.5 Å². The Hall–Kier alpha value is -3.07. The summed E-state index contributed by atoms with van der Waals surface area (Å²) < 4.78 is 38.3. The van der Waals surface area contributed by atoms with E-state index < -0.39 is 16.1 Å². The smallest absolute Gasteiger partial charge is 0.263 e. The summed E-state index contributed by atoms with van der Waals surface area (Å²) >= 11 is 0. The predicted molar refractivity (Wildman–Crippen MR) is 113 cm³/mol. The molecule has 0 spiro atoms. The molecule has 0 bridgehead atoms. The topological polar surface area (TPSA) is 106 Å². The van der Waals surface area contributed by atoms with Crippen molar-refractivity contribution in [3.63, 3.8) is 0 Å². The second-order valence-electron chi connectivity index (χ2n) is 7.26. The fraction of sp³-hybridized carbons (Fsp3) is 0.333. The molecule has 2 aromatic carbocycles. The molecule has 8 nitrogen and oxygen atoms in total. The highest BCUT2D eigenvalue weighted by Crippen LogP contribution is 2.33. The van der Waals surface area contributed by atoms with E-state index >= 15 is 0 Å². The van der Waals surface area contributed by atoms with Crippen molar-refractivity contribution in [3.05, 3.63) is 48.0 Å². The van der Waals surface area contributed by atoms with Gasteiger partial charge in [-0.1, -0.05) is 32.4 Å². The monoisotopic (exact) mass is 429 g/mol. The zero-order chi connectivity index (χ0) is 21.3. The maximum atomic E-state index is 13.1. The number of amides is 1. The molecular weight excluding hydrogens is 406 g/mol. The summed E-state index contributed by atoms with van der Waals surface area (Å²) in [5.74, 6) is 0.968. The lowest BCUT2D eigenvalue weighted by Crippen LogP contribution is -2.34. The van der Waals surface area contributed by atoms with Gasteiger partial charge in [-0.3, -0.25) is 14.5 Å². The number of nitrogens with one attached hydrogen (secondary N) is 2. The van der Waals surface area contributed by atoms with Crippen LogP contribution in [0.1, 0.15) is 25.8 Å². The van der Waals surface area contributed by atoms with Crippen molar-refractivity contribution in [2.45, 2.75) is 31.2 Å². The number of rotatable bonds is 5. The normalized spacial score (nSPS) is 19.5. The third-order valence-corrected chi connectivity index (χ3v) is 6.59. The predicted octanol–water partition coefficient (Wildman–Crippen LogP) is 2.55. The first-order chi connectivity index (χ1) is 14.4. The molecule has 1 amide bonds. The van der Waals surface area contributed by atoms with Crippen molar-refractivity contribution in [1.29, 1.82) is 0 Å². The van der Waals surface area contributed by atoms with Crippen LogP contribution >= 0.6 is 0 Å². The molecule has 2 atom stereocenters. The zero-order valence-electron chi connectivity index (χ0n) is 16.7. The van der Waals surface area contributed by atoms with Gasteiger partial charge in [0.25, 0.3) is 10.0 Å². The standard InChI is InChI=1S/C21H23N3O5S/c1-3-13(2)19(23-20-15-6-4-5-7-18(15)30(26,27)24-20)21(25)22-14-8-9-16-17(12-14)29-11-10-28-16/h4-9,12-13,19H,3,10-11H2,1-2H3,(H,22,25)(H,23,24)/t13-,19-/m0/s1. The minimum absolute atomic E-state index is 0.105. The van der Waals surface area contributed by atoms with Crippen LogP contribution in [0.15, 0.2) is 52.4 Å². The molecule has 2 aromatic rings. The van der Waals surface area contributed by atoms with E-state index in [0.717, 1.165) is 0 Å². The van der Waals surface area contributed by atoms with E-state index in [9.17, 15) is 13.2 Å². The maximum Gasteiger partial charge on any atom is 0.263 e. The van der Waals surface area contributed by atoms with Crippen molar-refractivity contribution in [1.82, 2.24) is 4.72 Å². The number of amidine groups is 1. The van der Waals surface area contributed by atoms with Crippen LogP contribution in [0, 0.1) is 5.92 Å². The molecule has 2 heterocycles. The first-order valence-corrected chi connectivity index (χ1v) is 11.3. The van der Waals surface area contributed by atoms with Crippen molar-refractivity contribution >= 4 is 27.5 Å². The van der Waals surface area contributed by atoms with Gasteiger partial charge in [-0.15, -0.1) is 0 Å². The molecular formula is C21H23N3O5S. The number of hydrogen-bond donors (Lipinski definition) is 2. The summed E-state index contributed by atoms with van der Waals surface area (Å²) in [5.41, 5.74) is 1.03. The van der Waals surface area contributed by atoms with Crippen molar-refractivity contribution in [2.75, 3.05) is 18.5 Å². The van der Waals surface area contributed by atoms with Gasteiger partial charge in [-0.25, -0.2) is 8.42 Å². The minimum Gasteiger partial charge on any atom is -0.486 e. The Morgan fingerprint density at radius 3 is 2.67 bits per heavy atom. The van der Waals surface area contributed by atoms with Gasteiger partial charge >= 0.3 is 0 Å². The van der Waals surface area contributed by atoms with Gasteiger partial charge in [0.05, 0.1) is 4.90 Å². The number of anilines is 1. The lowest BCUT2D eigenvalue weighted by Gasteiger charge is -2.21. The third kappa shape index (κ3) is 3.85.